The first-order valence-corrected chi connectivity index (χ1v) is 3.78. The Balaban J connectivity index is 2.89. The molecule has 0 aromatic rings. The Labute approximate surface area is 65.0 Å². The molecule has 9 heavy (non-hydrogen) atoms. The summed E-state index contributed by atoms with van der Waals surface area (Å²) in [6, 6.07) is 0. The van der Waals surface area contributed by atoms with Gasteiger partial charge in [-0.25, -0.2) is 4.99 Å². The summed E-state index contributed by atoms with van der Waals surface area (Å²) in [6.45, 7) is 0. The van der Waals surface area contributed by atoms with E-state index >= 15 is 0 Å². The van der Waals surface area contributed by atoms with Gasteiger partial charge in [0, 0.05) is 6.20 Å². The Bertz CT molecular complexity index is 208. The number of rotatable bonds is 0. The lowest BCUT2D eigenvalue weighted by Crippen LogP contribution is -1.90. The Morgan fingerprint density at radius 3 is 2.67 bits per heavy atom. The third-order valence-electron chi connectivity index (χ3n) is 0.785. The van der Waals surface area contributed by atoms with Crippen molar-refractivity contribution >= 4 is 36.7 Å². The van der Waals surface area contributed by atoms with Gasteiger partial charge in [-0.3, -0.25) is 5.41 Å². The second-order valence-corrected chi connectivity index (χ2v) is 3.62. The van der Waals surface area contributed by atoms with E-state index in [1.54, 1.807) is 0 Å². The molecule has 0 fully saturated rings. The molecule has 0 aromatic heterocycles. The normalized spacial score (nSPS) is 23.0. The topological polar surface area (TPSA) is 62.2 Å². The van der Waals surface area contributed by atoms with Crippen LogP contribution in [0.1, 0.15) is 0 Å². The standard InChI is InChI=1S/C4H4BrN3S/c5-4-8-2(1-6)3(7)9-4/h1,7H,6H2/b2-1+,7-3?. The molecule has 0 aromatic carbocycles. The van der Waals surface area contributed by atoms with Crippen LogP contribution in [0.15, 0.2) is 16.9 Å². The summed E-state index contributed by atoms with van der Waals surface area (Å²) in [5.74, 6) is 0. The van der Waals surface area contributed by atoms with E-state index in [-0.39, 0.29) is 0 Å². The number of halogens is 1. The monoisotopic (exact) mass is 205 g/mol. The van der Waals surface area contributed by atoms with Crippen molar-refractivity contribution in [3.63, 3.8) is 0 Å². The Kier molecular flexibility index (Phi) is 1.92. The van der Waals surface area contributed by atoms with Crippen LogP contribution < -0.4 is 5.73 Å². The molecule has 0 bridgehead atoms. The zero-order valence-corrected chi connectivity index (χ0v) is 6.79. The lowest BCUT2D eigenvalue weighted by molar-refractivity contribution is 1.40. The molecular weight excluding hydrogens is 202 g/mol. The third kappa shape index (κ3) is 1.34. The van der Waals surface area contributed by atoms with E-state index in [1.807, 2.05) is 0 Å². The highest BCUT2D eigenvalue weighted by Crippen LogP contribution is 2.25. The zero-order valence-electron chi connectivity index (χ0n) is 4.39. The largest absolute Gasteiger partial charge is 0.403 e. The first-order chi connectivity index (χ1) is 4.24. The molecule has 0 aliphatic carbocycles. The van der Waals surface area contributed by atoms with Crippen molar-refractivity contribution in [2.75, 3.05) is 0 Å². The van der Waals surface area contributed by atoms with Crippen LogP contribution in [0.3, 0.4) is 0 Å². The van der Waals surface area contributed by atoms with E-state index < -0.39 is 0 Å². The minimum atomic E-state index is 0.393. The van der Waals surface area contributed by atoms with E-state index in [9.17, 15) is 0 Å². The number of thioether (sulfide) groups is 1. The zero-order chi connectivity index (χ0) is 6.85. The molecule has 0 saturated heterocycles. The molecular formula is C4H4BrN3S. The minimum absolute atomic E-state index is 0.393. The third-order valence-corrected chi connectivity index (χ3v) is 2.12. The first-order valence-electron chi connectivity index (χ1n) is 2.17. The number of nitrogens with one attached hydrogen (secondary N) is 1. The fourth-order valence-electron chi connectivity index (χ4n) is 0.418. The first kappa shape index (κ1) is 6.82. The number of hydrogen-bond acceptors (Lipinski definition) is 4. The van der Waals surface area contributed by atoms with Crippen LogP contribution in [0, 0.1) is 5.41 Å². The molecule has 48 valence electrons. The van der Waals surface area contributed by atoms with Crippen LogP contribution in [0.4, 0.5) is 0 Å². The Morgan fingerprint density at radius 2 is 2.44 bits per heavy atom. The molecule has 0 unspecified atom stereocenters. The van der Waals surface area contributed by atoms with Crippen LogP contribution in [0.5, 0.6) is 0 Å². The van der Waals surface area contributed by atoms with Crippen molar-refractivity contribution in [2.45, 2.75) is 0 Å². The summed E-state index contributed by atoms with van der Waals surface area (Å²) in [7, 11) is 0. The van der Waals surface area contributed by atoms with Gasteiger partial charge in [0.1, 0.15) is 14.7 Å². The number of hydrogen-bond donors (Lipinski definition) is 2. The average Bonchev–Trinajstić information content (AvgIpc) is 2.10. The predicted octanol–water partition coefficient (Wildman–Crippen LogP) is 1.26. The van der Waals surface area contributed by atoms with Gasteiger partial charge in [0.2, 0.25) is 0 Å². The summed E-state index contributed by atoms with van der Waals surface area (Å²) < 4.78 is 0.698. The summed E-state index contributed by atoms with van der Waals surface area (Å²) >= 11 is 4.39. The second-order valence-electron chi connectivity index (χ2n) is 1.35. The number of aliphatic imine (C=N–C) groups is 1. The van der Waals surface area contributed by atoms with Gasteiger partial charge in [-0.2, -0.15) is 0 Å². The summed E-state index contributed by atoms with van der Waals surface area (Å²) in [5, 5.41) is 7.60. The molecule has 1 heterocycles. The van der Waals surface area contributed by atoms with Gasteiger partial charge in [-0.1, -0.05) is 0 Å². The Hall–Kier alpha value is -0.290. The lowest BCUT2D eigenvalue weighted by atomic mass is 10.5. The molecule has 0 atom stereocenters. The maximum Gasteiger partial charge on any atom is 0.146 e. The quantitative estimate of drug-likeness (QED) is 0.626. The summed E-state index contributed by atoms with van der Waals surface area (Å²) in [5.41, 5.74) is 5.68. The fraction of sp³-hybridized carbons (Fsp3) is 0. The summed E-state index contributed by atoms with van der Waals surface area (Å²) in [4.78, 5) is 3.90. The predicted molar refractivity (Wildman–Crippen MR) is 44.0 cm³/mol. The van der Waals surface area contributed by atoms with Crippen LogP contribution in [0.2, 0.25) is 0 Å². The van der Waals surface area contributed by atoms with Crippen LogP contribution in [-0.4, -0.2) is 9.00 Å². The van der Waals surface area contributed by atoms with E-state index in [1.165, 1.54) is 18.0 Å². The number of nitrogens with zero attached hydrogens (tertiary/aromatic N) is 1. The van der Waals surface area contributed by atoms with Gasteiger partial charge in [-0.05, 0) is 27.7 Å². The molecule has 0 radical (unpaired) electrons. The second kappa shape index (κ2) is 2.53. The van der Waals surface area contributed by atoms with Crippen molar-refractivity contribution in [3.05, 3.63) is 11.9 Å². The van der Waals surface area contributed by atoms with Gasteiger partial charge in [0.05, 0.1) is 0 Å². The highest BCUT2D eigenvalue weighted by Gasteiger charge is 2.14. The van der Waals surface area contributed by atoms with Crippen molar-refractivity contribution < 1.29 is 0 Å². The van der Waals surface area contributed by atoms with Gasteiger partial charge >= 0.3 is 0 Å². The fourth-order valence-corrected chi connectivity index (χ4v) is 1.63. The van der Waals surface area contributed by atoms with Crippen LogP contribution in [0.25, 0.3) is 0 Å². The molecule has 5 heteroatoms. The highest BCUT2D eigenvalue weighted by atomic mass is 79.9. The molecule has 3 N–H and O–H groups in total. The van der Waals surface area contributed by atoms with Gasteiger partial charge in [0.25, 0.3) is 0 Å². The van der Waals surface area contributed by atoms with Crippen LogP contribution >= 0.6 is 27.7 Å². The summed E-state index contributed by atoms with van der Waals surface area (Å²) in [6.07, 6.45) is 1.32. The van der Waals surface area contributed by atoms with E-state index in [0.717, 1.165) is 0 Å². The van der Waals surface area contributed by atoms with Crippen LogP contribution in [-0.2, 0) is 0 Å². The van der Waals surface area contributed by atoms with Crippen molar-refractivity contribution in [2.24, 2.45) is 10.7 Å². The van der Waals surface area contributed by atoms with Crippen molar-refractivity contribution in [3.8, 4) is 0 Å². The van der Waals surface area contributed by atoms with Crippen molar-refractivity contribution in [1.82, 2.24) is 0 Å². The van der Waals surface area contributed by atoms with E-state index in [2.05, 4.69) is 20.9 Å². The molecule has 1 rings (SSSR count). The van der Waals surface area contributed by atoms with Gasteiger partial charge < -0.3 is 5.73 Å². The Morgan fingerprint density at radius 1 is 1.78 bits per heavy atom. The lowest BCUT2D eigenvalue weighted by Gasteiger charge is -1.85. The maximum absolute atomic E-state index is 7.21. The molecule has 0 spiro atoms. The number of nitrogens with two attached hydrogens (primary N) is 1. The van der Waals surface area contributed by atoms with E-state index in [4.69, 9.17) is 11.1 Å². The molecule has 0 amide bonds. The minimum Gasteiger partial charge on any atom is -0.403 e. The SMILES string of the molecule is N=C1SC(Br)=N/C1=C/N. The van der Waals surface area contributed by atoms with Gasteiger partial charge in [0.15, 0.2) is 0 Å². The molecule has 0 saturated carbocycles. The molecule has 1 aliphatic rings. The van der Waals surface area contributed by atoms with Gasteiger partial charge in [-0.15, -0.1) is 0 Å². The van der Waals surface area contributed by atoms with Crippen molar-refractivity contribution in [1.29, 1.82) is 5.41 Å². The molecule has 1 aliphatic heterocycles. The van der Waals surface area contributed by atoms with E-state index in [0.29, 0.717) is 14.7 Å². The average molecular weight is 206 g/mol. The smallest absolute Gasteiger partial charge is 0.146 e. The molecule has 3 nitrogen and oxygen atoms in total. The highest BCUT2D eigenvalue weighted by molar-refractivity contribution is 9.22. The maximum atomic E-state index is 7.21.